The molecule has 1 N–H and O–H groups in total. The molecule has 0 atom stereocenters. The summed E-state index contributed by atoms with van der Waals surface area (Å²) in [6, 6.07) is 0. The molecule has 1 rings (SSSR count). The molecule has 0 saturated carbocycles. The van der Waals surface area contributed by atoms with Crippen LogP contribution < -0.4 is 5.32 Å². The summed E-state index contributed by atoms with van der Waals surface area (Å²) in [6.45, 7) is 2.91. The molecule has 0 bridgehead atoms. The van der Waals surface area contributed by atoms with E-state index >= 15 is 0 Å². The van der Waals surface area contributed by atoms with Crippen LogP contribution in [0.25, 0.3) is 6.08 Å². The Balaban J connectivity index is 2.68. The van der Waals surface area contributed by atoms with E-state index < -0.39 is 0 Å². The van der Waals surface area contributed by atoms with Gasteiger partial charge >= 0.3 is 0 Å². The topological polar surface area (TPSA) is 29.9 Å². The van der Waals surface area contributed by atoms with Crippen LogP contribution in [0.3, 0.4) is 0 Å². The molecule has 1 aromatic heterocycles. The molecule has 0 aliphatic heterocycles. The van der Waals surface area contributed by atoms with E-state index in [1.807, 2.05) is 31.9 Å². The lowest BCUT2D eigenvalue weighted by molar-refractivity contribution is 0.756. The third kappa shape index (κ3) is 2.20. The second-order valence-corrected chi connectivity index (χ2v) is 2.80. The zero-order valence-electron chi connectivity index (χ0n) is 7.83. The molecule has 0 saturated heterocycles. The van der Waals surface area contributed by atoms with Gasteiger partial charge in [0.1, 0.15) is 0 Å². The maximum Gasteiger partial charge on any atom is 0.0665 e. The molecular formula is C9H15N3. The minimum absolute atomic E-state index is 0.897. The van der Waals surface area contributed by atoms with Gasteiger partial charge in [-0.15, -0.1) is 0 Å². The molecule has 3 heteroatoms. The summed E-state index contributed by atoms with van der Waals surface area (Å²) in [4.78, 5) is 0. The van der Waals surface area contributed by atoms with Crippen molar-refractivity contribution in [2.75, 3.05) is 13.6 Å². The van der Waals surface area contributed by atoms with Crippen LogP contribution in [0.5, 0.6) is 0 Å². The van der Waals surface area contributed by atoms with Crippen molar-refractivity contribution >= 4 is 6.08 Å². The minimum Gasteiger partial charge on any atom is -0.316 e. The highest BCUT2D eigenvalue weighted by Gasteiger charge is 1.96. The summed E-state index contributed by atoms with van der Waals surface area (Å²) in [5.74, 6) is 0. The quantitative estimate of drug-likeness (QED) is 0.723. The lowest BCUT2D eigenvalue weighted by Crippen LogP contribution is -2.03. The fraction of sp³-hybridized carbons (Fsp3) is 0.444. The van der Waals surface area contributed by atoms with Crippen LogP contribution in [-0.2, 0) is 7.05 Å². The van der Waals surface area contributed by atoms with Gasteiger partial charge in [0.15, 0.2) is 0 Å². The first kappa shape index (κ1) is 9.00. The molecule has 1 heterocycles. The zero-order chi connectivity index (χ0) is 8.97. The van der Waals surface area contributed by atoms with E-state index in [2.05, 4.69) is 22.6 Å². The molecular weight excluding hydrogens is 150 g/mol. The summed E-state index contributed by atoms with van der Waals surface area (Å²) in [7, 11) is 3.86. The van der Waals surface area contributed by atoms with Crippen molar-refractivity contribution in [3.05, 3.63) is 23.5 Å². The van der Waals surface area contributed by atoms with Gasteiger partial charge in [-0.25, -0.2) is 0 Å². The van der Waals surface area contributed by atoms with E-state index in [1.165, 1.54) is 5.56 Å². The second-order valence-electron chi connectivity index (χ2n) is 2.80. The predicted molar refractivity (Wildman–Crippen MR) is 50.9 cm³/mol. The summed E-state index contributed by atoms with van der Waals surface area (Å²) in [5.41, 5.74) is 2.26. The lowest BCUT2D eigenvalue weighted by atomic mass is 10.2. The van der Waals surface area contributed by atoms with Crippen LogP contribution in [0, 0.1) is 6.92 Å². The van der Waals surface area contributed by atoms with Gasteiger partial charge in [0, 0.05) is 25.4 Å². The lowest BCUT2D eigenvalue weighted by Gasteiger charge is -1.88. The number of hydrogen-bond acceptors (Lipinski definition) is 2. The first-order valence-electron chi connectivity index (χ1n) is 4.05. The molecule has 0 aliphatic rings. The molecule has 0 fully saturated rings. The number of nitrogens with one attached hydrogen (secondary N) is 1. The molecule has 0 spiro atoms. The Hall–Kier alpha value is -1.09. The van der Waals surface area contributed by atoms with Crippen molar-refractivity contribution in [3.8, 4) is 0 Å². The Morgan fingerprint density at radius 2 is 2.42 bits per heavy atom. The van der Waals surface area contributed by atoms with E-state index in [0.29, 0.717) is 0 Å². The number of nitrogens with zero attached hydrogens (tertiary/aromatic N) is 2. The monoisotopic (exact) mass is 165 g/mol. The van der Waals surface area contributed by atoms with Gasteiger partial charge in [0.05, 0.1) is 5.69 Å². The van der Waals surface area contributed by atoms with Crippen molar-refractivity contribution in [2.45, 2.75) is 6.92 Å². The summed E-state index contributed by atoms with van der Waals surface area (Å²) >= 11 is 0. The van der Waals surface area contributed by atoms with Crippen molar-refractivity contribution in [1.82, 2.24) is 15.1 Å². The van der Waals surface area contributed by atoms with Gasteiger partial charge in [-0.2, -0.15) is 5.10 Å². The normalized spacial score (nSPS) is 11.2. The van der Waals surface area contributed by atoms with Crippen LogP contribution in [0.4, 0.5) is 0 Å². The summed E-state index contributed by atoms with van der Waals surface area (Å²) in [6.07, 6.45) is 6.18. The third-order valence-electron chi connectivity index (χ3n) is 1.67. The molecule has 1 aromatic rings. The van der Waals surface area contributed by atoms with E-state index in [0.717, 1.165) is 12.2 Å². The predicted octanol–water partition coefficient (Wildman–Crippen LogP) is 0.961. The van der Waals surface area contributed by atoms with Gasteiger partial charge in [-0.3, -0.25) is 4.68 Å². The summed E-state index contributed by atoms with van der Waals surface area (Å²) in [5, 5.41) is 7.29. The SMILES string of the molecule is CNC/C=C/c1cn(C)nc1C. The average molecular weight is 165 g/mol. The Kier molecular flexibility index (Phi) is 3.05. The average Bonchev–Trinajstić information content (AvgIpc) is 2.31. The number of likely N-dealkylation sites (N-methyl/N-ethyl adjacent to an activating group) is 1. The molecule has 0 aliphatic carbocycles. The number of aromatic nitrogens is 2. The van der Waals surface area contributed by atoms with Gasteiger partial charge < -0.3 is 5.32 Å². The minimum atomic E-state index is 0.897. The number of hydrogen-bond donors (Lipinski definition) is 1. The van der Waals surface area contributed by atoms with Crippen LogP contribution in [0.15, 0.2) is 12.3 Å². The number of rotatable bonds is 3. The van der Waals surface area contributed by atoms with Crippen LogP contribution >= 0.6 is 0 Å². The molecule has 0 aromatic carbocycles. The summed E-state index contributed by atoms with van der Waals surface area (Å²) < 4.78 is 1.83. The fourth-order valence-electron chi connectivity index (χ4n) is 1.09. The van der Waals surface area contributed by atoms with Crippen molar-refractivity contribution in [3.63, 3.8) is 0 Å². The van der Waals surface area contributed by atoms with Crippen LogP contribution in [0.2, 0.25) is 0 Å². The van der Waals surface area contributed by atoms with Crippen molar-refractivity contribution in [1.29, 1.82) is 0 Å². The molecule has 3 nitrogen and oxygen atoms in total. The van der Waals surface area contributed by atoms with Crippen molar-refractivity contribution < 1.29 is 0 Å². The first-order valence-corrected chi connectivity index (χ1v) is 4.05. The van der Waals surface area contributed by atoms with Gasteiger partial charge in [-0.05, 0) is 14.0 Å². The smallest absolute Gasteiger partial charge is 0.0665 e. The van der Waals surface area contributed by atoms with Crippen molar-refractivity contribution in [2.24, 2.45) is 7.05 Å². The third-order valence-corrected chi connectivity index (χ3v) is 1.67. The van der Waals surface area contributed by atoms with E-state index in [9.17, 15) is 0 Å². The van der Waals surface area contributed by atoms with E-state index in [-0.39, 0.29) is 0 Å². The largest absolute Gasteiger partial charge is 0.316 e. The Morgan fingerprint density at radius 3 is 2.92 bits per heavy atom. The molecule has 0 unspecified atom stereocenters. The van der Waals surface area contributed by atoms with Crippen LogP contribution in [-0.4, -0.2) is 23.4 Å². The highest BCUT2D eigenvalue weighted by molar-refractivity contribution is 5.50. The standard InChI is InChI=1S/C9H15N3/c1-8-9(5-4-6-10-2)7-12(3)11-8/h4-5,7,10H,6H2,1-3H3/b5-4+. The molecule has 66 valence electrons. The molecule has 12 heavy (non-hydrogen) atoms. The zero-order valence-corrected chi connectivity index (χ0v) is 7.83. The van der Waals surface area contributed by atoms with Gasteiger partial charge in [-0.1, -0.05) is 12.2 Å². The van der Waals surface area contributed by atoms with E-state index in [1.54, 1.807) is 0 Å². The second kappa shape index (κ2) is 4.07. The molecule has 0 amide bonds. The maximum atomic E-state index is 4.23. The Labute approximate surface area is 73.1 Å². The maximum absolute atomic E-state index is 4.23. The fourth-order valence-corrected chi connectivity index (χ4v) is 1.09. The number of aryl methyl sites for hydroxylation is 2. The van der Waals surface area contributed by atoms with Crippen LogP contribution in [0.1, 0.15) is 11.3 Å². The highest BCUT2D eigenvalue weighted by Crippen LogP contribution is 2.05. The highest BCUT2D eigenvalue weighted by atomic mass is 15.2. The van der Waals surface area contributed by atoms with Gasteiger partial charge in [0.25, 0.3) is 0 Å². The van der Waals surface area contributed by atoms with Gasteiger partial charge in [0.2, 0.25) is 0 Å². The first-order chi connectivity index (χ1) is 5.74. The Morgan fingerprint density at radius 1 is 1.67 bits per heavy atom. The molecule has 0 radical (unpaired) electrons. The van der Waals surface area contributed by atoms with E-state index in [4.69, 9.17) is 0 Å². The Bertz CT molecular complexity index is 273.